The molecule has 71 valence electrons. The van der Waals surface area contributed by atoms with Crippen molar-refractivity contribution in [3.63, 3.8) is 0 Å². The maximum Gasteiger partial charge on any atom is 0.0261 e. The first kappa shape index (κ1) is 10.0. The van der Waals surface area contributed by atoms with E-state index in [-0.39, 0.29) is 0 Å². The molecule has 0 unspecified atom stereocenters. The summed E-state index contributed by atoms with van der Waals surface area (Å²) in [5.74, 6) is 0. The lowest BCUT2D eigenvalue weighted by Crippen LogP contribution is -2.40. The summed E-state index contributed by atoms with van der Waals surface area (Å²) < 4.78 is 0. The molecule has 0 N–H and O–H groups in total. The average molecular weight is 169 g/mol. The Morgan fingerprint density at radius 1 is 1.08 bits per heavy atom. The van der Waals surface area contributed by atoms with Crippen LogP contribution >= 0.6 is 0 Å². The molecule has 0 saturated carbocycles. The molecule has 2 nitrogen and oxygen atoms in total. The maximum atomic E-state index is 4.33. The van der Waals surface area contributed by atoms with Gasteiger partial charge in [0.1, 0.15) is 0 Å². The zero-order valence-corrected chi connectivity index (χ0v) is 8.26. The monoisotopic (exact) mass is 169 g/mol. The summed E-state index contributed by atoms with van der Waals surface area (Å²) in [6.45, 7) is 8.09. The van der Waals surface area contributed by atoms with Crippen molar-refractivity contribution >= 4 is 0 Å². The van der Waals surface area contributed by atoms with Crippen LogP contribution in [-0.2, 0) is 0 Å². The molecule has 1 radical (unpaired) electrons. The third-order valence-corrected chi connectivity index (χ3v) is 2.48. The van der Waals surface area contributed by atoms with Gasteiger partial charge < -0.3 is 4.90 Å². The second-order valence-corrected chi connectivity index (χ2v) is 3.57. The van der Waals surface area contributed by atoms with Crippen molar-refractivity contribution in [2.45, 2.75) is 32.6 Å². The van der Waals surface area contributed by atoms with Crippen LogP contribution in [0.1, 0.15) is 32.6 Å². The number of hydrogen-bond acceptors (Lipinski definition) is 1. The van der Waals surface area contributed by atoms with Gasteiger partial charge in [-0.3, -0.25) is 0 Å². The van der Waals surface area contributed by atoms with Crippen LogP contribution in [0.25, 0.3) is 0 Å². The first-order valence-corrected chi connectivity index (χ1v) is 5.29. The highest BCUT2D eigenvalue weighted by atomic mass is 15.2. The van der Waals surface area contributed by atoms with E-state index in [1.165, 1.54) is 45.3 Å². The molecule has 1 saturated heterocycles. The van der Waals surface area contributed by atoms with E-state index in [0.717, 1.165) is 13.1 Å². The molecular weight excluding hydrogens is 148 g/mol. The topological polar surface area (TPSA) is 17.3 Å². The van der Waals surface area contributed by atoms with E-state index in [1.807, 2.05) is 0 Å². The van der Waals surface area contributed by atoms with Gasteiger partial charge in [-0.2, -0.15) is 0 Å². The molecule has 1 rings (SSSR count). The quantitative estimate of drug-likeness (QED) is 0.570. The van der Waals surface area contributed by atoms with Crippen molar-refractivity contribution in [2.75, 3.05) is 32.7 Å². The van der Waals surface area contributed by atoms with Crippen molar-refractivity contribution in [2.24, 2.45) is 0 Å². The second-order valence-electron chi connectivity index (χ2n) is 3.57. The molecule has 0 aliphatic carbocycles. The standard InChI is InChI=1S/C10H21N2/c1-2-3-4-5-8-12-9-6-11-7-10-12/h2-10H2,1H3. The fourth-order valence-corrected chi connectivity index (χ4v) is 1.63. The molecule has 0 spiro atoms. The van der Waals surface area contributed by atoms with E-state index in [1.54, 1.807) is 0 Å². The Bertz CT molecular complexity index is 98.0. The van der Waals surface area contributed by atoms with Gasteiger partial charge in [0.25, 0.3) is 0 Å². The molecule has 1 heterocycles. The van der Waals surface area contributed by atoms with E-state index < -0.39 is 0 Å². The van der Waals surface area contributed by atoms with Crippen LogP contribution in [0.2, 0.25) is 0 Å². The number of unbranched alkanes of at least 4 members (excludes halogenated alkanes) is 3. The van der Waals surface area contributed by atoms with Crippen molar-refractivity contribution in [3.8, 4) is 0 Å². The van der Waals surface area contributed by atoms with Crippen LogP contribution in [0.3, 0.4) is 0 Å². The van der Waals surface area contributed by atoms with Crippen molar-refractivity contribution in [1.29, 1.82) is 0 Å². The minimum atomic E-state index is 1.06. The second kappa shape index (κ2) is 6.44. The van der Waals surface area contributed by atoms with Gasteiger partial charge in [0.05, 0.1) is 0 Å². The van der Waals surface area contributed by atoms with Crippen LogP contribution in [0.5, 0.6) is 0 Å². The normalized spacial score (nSPS) is 19.8. The van der Waals surface area contributed by atoms with Crippen molar-refractivity contribution in [1.82, 2.24) is 10.2 Å². The zero-order valence-electron chi connectivity index (χ0n) is 8.26. The summed E-state index contributed by atoms with van der Waals surface area (Å²) in [5.41, 5.74) is 0. The predicted molar refractivity (Wildman–Crippen MR) is 52.5 cm³/mol. The van der Waals surface area contributed by atoms with Crippen LogP contribution < -0.4 is 5.32 Å². The van der Waals surface area contributed by atoms with Crippen LogP contribution in [-0.4, -0.2) is 37.6 Å². The van der Waals surface area contributed by atoms with E-state index in [9.17, 15) is 0 Å². The SMILES string of the molecule is CCCCCCN1CC[N]CC1. The fraction of sp³-hybridized carbons (Fsp3) is 1.00. The van der Waals surface area contributed by atoms with Gasteiger partial charge in [0.2, 0.25) is 0 Å². The van der Waals surface area contributed by atoms with Crippen LogP contribution in [0, 0.1) is 0 Å². The molecule has 0 aromatic carbocycles. The molecule has 1 aliphatic heterocycles. The third kappa shape index (κ3) is 4.07. The summed E-state index contributed by atoms with van der Waals surface area (Å²) in [4.78, 5) is 2.54. The zero-order chi connectivity index (χ0) is 8.65. The van der Waals surface area contributed by atoms with Gasteiger partial charge in [-0.25, -0.2) is 5.32 Å². The minimum absolute atomic E-state index is 1.06. The van der Waals surface area contributed by atoms with E-state index in [0.29, 0.717) is 0 Å². The van der Waals surface area contributed by atoms with E-state index in [4.69, 9.17) is 0 Å². The summed E-state index contributed by atoms with van der Waals surface area (Å²) >= 11 is 0. The molecule has 0 bridgehead atoms. The molecular formula is C10H21N2. The Morgan fingerprint density at radius 3 is 2.50 bits per heavy atom. The van der Waals surface area contributed by atoms with Gasteiger partial charge in [0.15, 0.2) is 0 Å². The average Bonchev–Trinajstić information content (AvgIpc) is 2.14. The number of hydrogen-bond donors (Lipinski definition) is 0. The lowest BCUT2D eigenvalue weighted by atomic mass is 10.2. The summed E-state index contributed by atoms with van der Waals surface area (Å²) in [6.07, 6.45) is 5.53. The summed E-state index contributed by atoms with van der Waals surface area (Å²) in [5, 5.41) is 4.33. The fourth-order valence-electron chi connectivity index (χ4n) is 1.63. The maximum absolute atomic E-state index is 4.33. The minimum Gasteiger partial charge on any atom is -0.301 e. The summed E-state index contributed by atoms with van der Waals surface area (Å²) in [7, 11) is 0. The number of rotatable bonds is 5. The van der Waals surface area contributed by atoms with Gasteiger partial charge in [-0.15, -0.1) is 0 Å². The Hall–Kier alpha value is -0.0800. The van der Waals surface area contributed by atoms with Crippen molar-refractivity contribution < 1.29 is 0 Å². The van der Waals surface area contributed by atoms with E-state index in [2.05, 4.69) is 17.1 Å². The highest BCUT2D eigenvalue weighted by molar-refractivity contribution is 4.66. The van der Waals surface area contributed by atoms with Gasteiger partial charge in [0, 0.05) is 26.2 Å². The van der Waals surface area contributed by atoms with Gasteiger partial charge in [-0.05, 0) is 13.0 Å². The highest BCUT2D eigenvalue weighted by Gasteiger charge is 2.08. The molecule has 1 fully saturated rings. The first-order chi connectivity index (χ1) is 5.93. The molecule has 0 aromatic rings. The predicted octanol–water partition coefficient (Wildman–Crippen LogP) is 1.49. The van der Waals surface area contributed by atoms with E-state index >= 15 is 0 Å². The molecule has 2 heteroatoms. The highest BCUT2D eigenvalue weighted by Crippen LogP contribution is 2.02. The lowest BCUT2D eigenvalue weighted by Gasteiger charge is -2.25. The molecule has 0 amide bonds. The Labute approximate surface area is 76.3 Å². The third-order valence-electron chi connectivity index (χ3n) is 2.48. The molecule has 1 aliphatic rings. The molecule has 0 atom stereocenters. The number of nitrogens with zero attached hydrogens (tertiary/aromatic N) is 2. The van der Waals surface area contributed by atoms with Crippen molar-refractivity contribution in [3.05, 3.63) is 0 Å². The largest absolute Gasteiger partial charge is 0.301 e. The van der Waals surface area contributed by atoms with Gasteiger partial charge >= 0.3 is 0 Å². The smallest absolute Gasteiger partial charge is 0.0261 e. The lowest BCUT2D eigenvalue weighted by molar-refractivity contribution is 0.234. The van der Waals surface area contributed by atoms with Crippen LogP contribution in [0.15, 0.2) is 0 Å². The molecule has 12 heavy (non-hydrogen) atoms. The van der Waals surface area contributed by atoms with Crippen LogP contribution in [0.4, 0.5) is 0 Å². The first-order valence-electron chi connectivity index (χ1n) is 5.29. The molecule has 0 aromatic heterocycles. The Morgan fingerprint density at radius 2 is 1.83 bits per heavy atom. The Kier molecular flexibility index (Phi) is 5.37. The van der Waals surface area contributed by atoms with Gasteiger partial charge in [-0.1, -0.05) is 26.2 Å². The Balaban J connectivity index is 1.91. The summed E-state index contributed by atoms with van der Waals surface area (Å²) in [6, 6.07) is 0. The number of piperazine rings is 1.